The lowest BCUT2D eigenvalue weighted by Gasteiger charge is -2.06. The van der Waals surface area contributed by atoms with Gasteiger partial charge in [-0.25, -0.2) is 4.98 Å². The Hall–Kier alpha value is -1.82. The molecule has 0 aliphatic carbocycles. The lowest BCUT2D eigenvalue weighted by atomic mass is 10.2. The van der Waals surface area contributed by atoms with Gasteiger partial charge in [0.05, 0.1) is 5.69 Å². The van der Waals surface area contributed by atoms with Gasteiger partial charge in [0.15, 0.2) is 11.5 Å². The molecule has 98 valence electrons. The average molecular weight is 323 g/mol. The number of nitrogens with zero attached hydrogens (tertiary/aromatic N) is 1. The monoisotopic (exact) mass is 322 g/mol. The lowest BCUT2D eigenvalue weighted by molar-refractivity contribution is 0.174. The van der Waals surface area contributed by atoms with Gasteiger partial charge >= 0.3 is 0 Å². The number of H-pyrrole nitrogens is 1. The van der Waals surface area contributed by atoms with Gasteiger partial charge < -0.3 is 14.5 Å². The van der Waals surface area contributed by atoms with Gasteiger partial charge in [0.2, 0.25) is 6.79 Å². The Balaban J connectivity index is 2.12. The first-order valence-electron chi connectivity index (χ1n) is 5.87. The molecule has 1 aliphatic heterocycles. The number of halogens is 1. The molecule has 6 heteroatoms. The van der Waals surface area contributed by atoms with Gasteiger partial charge in [-0.05, 0) is 40.5 Å². The van der Waals surface area contributed by atoms with Crippen molar-refractivity contribution in [3.63, 3.8) is 0 Å². The van der Waals surface area contributed by atoms with Crippen LogP contribution in [-0.4, -0.2) is 16.8 Å². The Kier molecular flexibility index (Phi) is 3.02. The van der Waals surface area contributed by atoms with Crippen molar-refractivity contribution in [2.24, 2.45) is 0 Å². The van der Waals surface area contributed by atoms with E-state index in [4.69, 9.17) is 9.47 Å². The van der Waals surface area contributed by atoms with Gasteiger partial charge in [0, 0.05) is 5.56 Å². The molecule has 1 aromatic carbocycles. The second kappa shape index (κ2) is 4.70. The van der Waals surface area contributed by atoms with Gasteiger partial charge in [-0.1, -0.05) is 6.92 Å². The summed E-state index contributed by atoms with van der Waals surface area (Å²) in [5.41, 5.74) is 1.35. The molecular formula is C13H11BrN2O3. The molecule has 2 heterocycles. The largest absolute Gasteiger partial charge is 0.454 e. The normalized spacial score (nSPS) is 12.7. The average Bonchev–Trinajstić information content (AvgIpc) is 2.89. The third-order valence-corrected chi connectivity index (χ3v) is 3.73. The number of benzene rings is 1. The number of hydrogen-bond donors (Lipinski definition) is 1. The maximum absolute atomic E-state index is 11.8. The maximum Gasteiger partial charge on any atom is 0.265 e. The van der Waals surface area contributed by atoms with Gasteiger partial charge in [-0.2, -0.15) is 0 Å². The third-order valence-electron chi connectivity index (χ3n) is 2.91. The first-order chi connectivity index (χ1) is 9.19. The Morgan fingerprint density at radius 2 is 2.16 bits per heavy atom. The van der Waals surface area contributed by atoms with Crippen molar-refractivity contribution in [1.29, 1.82) is 0 Å². The number of nitrogens with one attached hydrogen (secondary N) is 1. The van der Waals surface area contributed by atoms with Crippen LogP contribution in [0.5, 0.6) is 11.5 Å². The fourth-order valence-electron chi connectivity index (χ4n) is 1.92. The van der Waals surface area contributed by atoms with E-state index in [1.165, 1.54) is 0 Å². The van der Waals surface area contributed by atoms with E-state index in [0.717, 1.165) is 11.3 Å². The molecule has 1 aromatic heterocycles. The summed E-state index contributed by atoms with van der Waals surface area (Å²) in [4.78, 5) is 19.0. The lowest BCUT2D eigenvalue weighted by Crippen LogP contribution is -2.13. The molecule has 3 rings (SSSR count). The van der Waals surface area contributed by atoms with Gasteiger partial charge in [0.1, 0.15) is 10.3 Å². The second-order valence-electron chi connectivity index (χ2n) is 4.10. The fraction of sp³-hybridized carbons (Fsp3) is 0.231. The summed E-state index contributed by atoms with van der Waals surface area (Å²) < 4.78 is 11.1. The van der Waals surface area contributed by atoms with Gasteiger partial charge in [-0.15, -0.1) is 0 Å². The zero-order valence-electron chi connectivity index (χ0n) is 10.2. The SMILES string of the molecule is CCc1nc(-c2ccc3c(c2)OCO3)[nH]c(=O)c1Br. The van der Waals surface area contributed by atoms with Gasteiger partial charge in [0.25, 0.3) is 5.56 Å². The molecule has 0 amide bonds. The third kappa shape index (κ3) is 2.12. The molecule has 0 radical (unpaired) electrons. The van der Waals surface area contributed by atoms with Crippen LogP contribution in [0.4, 0.5) is 0 Å². The smallest absolute Gasteiger partial charge is 0.265 e. The van der Waals surface area contributed by atoms with Crippen molar-refractivity contribution in [3.8, 4) is 22.9 Å². The van der Waals surface area contributed by atoms with E-state index < -0.39 is 0 Å². The van der Waals surface area contributed by atoms with Crippen LogP contribution in [0.2, 0.25) is 0 Å². The second-order valence-corrected chi connectivity index (χ2v) is 4.89. The molecule has 0 fully saturated rings. The molecule has 1 N–H and O–H groups in total. The van der Waals surface area contributed by atoms with E-state index in [1.807, 2.05) is 25.1 Å². The minimum atomic E-state index is -0.181. The molecule has 0 spiro atoms. The molecule has 0 unspecified atom stereocenters. The number of fused-ring (bicyclic) bond motifs is 1. The number of aryl methyl sites for hydroxylation is 1. The van der Waals surface area contributed by atoms with E-state index in [9.17, 15) is 4.79 Å². The van der Waals surface area contributed by atoms with E-state index in [-0.39, 0.29) is 12.4 Å². The molecule has 0 saturated heterocycles. The molecule has 5 nitrogen and oxygen atoms in total. The quantitative estimate of drug-likeness (QED) is 0.922. The summed E-state index contributed by atoms with van der Waals surface area (Å²) in [6, 6.07) is 5.47. The van der Waals surface area contributed by atoms with Crippen LogP contribution >= 0.6 is 15.9 Å². The summed E-state index contributed by atoms with van der Waals surface area (Å²) >= 11 is 3.25. The molecular weight excluding hydrogens is 312 g/mol. The molecule has 2 aromatic rings. The minimum Gasteiger partial charge on any atom is -0.454 e. The first-order valence-corrected chi connectivity index (χ1v) is 6.67. The summed E-state index contributed by atoms with van der Waals surface area (Å²) in [5.74, 6) is 1.91. The van der Waals surface area contributed by atoms with Crippen LogP contribution in [0.25, 0.3) is 11.4 Å². The van der Waals surface area contributed by atoms with E-state index in [1.54, 1.807) is 0 Å². The Labute approximate surface area is 117 Å². The fourth-order valence-corrected chi connectivity index (χ4v) is 2.39. The Bertz CT molecular complexity index is 697. The predicted molar refractivity (Wildman–Crippen MR) is 73.5 cm³/mol. The number of hydrogen-bond acceptors (Lipinski definition) is 4. The Morgan fingerprint density at radius 1 is 1.37 bits per heavy atom. The molecule has 1 aliphatic rings. The van der Waals surface area contributed by atoms with Crippen molar-refractivity contribution in [2.45, 2.75) is 13.3 Å². The van der Waals surface area contributed by atoms with Crippen LogP contribution in [0.1, 0.15) is 12.6 Å². The number of aromatic amines is 1. The molecule has 0 bridgehead atoms. The number of ether oxygens (including phenoxy) is 2. The van der Waals surface area contributed by atoms with E-state index >= 15 is 0 Å². The van der Waals surface area contributed by atoms with E-state index in [0.29, 0.717) is 28.2 Å². The topological polar surface area (TPSA) is 64.2 Å². The van der Waals surface area contributed by atoms with Crippen LogP contribution in [-0.2, 0) is 6.42 Å². The molecule has 0 saturated carbocycles. The van der Waals surface area contributed by atoms with Gasteiger partial charge in [-0.3, -0.25) is 4.79 Å². The van der Waals surface area contributed by atoms with Crippen molar-refractivity contribution in [3.05, 3.63) is 38.7 Å². The molecule has 0 atom stereocenters. The first kappa shape index (κ1) is 12.2. The van der Waals surface area contributed by atoms with E-state index in [2.05, 4.69) is 25.9 Å². The number of rotatable bonds is 2. The molecule has 19 heavy (non-hydrogen) atoms. The zero-order chi connectivity index (χ0) is 13.4. The minimum absolute atomic E-state index is 0.181. The van der Waals surface area contributed by atoms with Crippen molar-refractivity contribution < 1.29 is 9.47 Å². The van der Waals surface area contributed by atoms with Crippen LogP contribution < -0.4 is 15.0 Å². The zero-order valence-corrected chi connectivity index (χ0v) is 11.8. The summed E-state index contributed by atoms with van der Waals surface area (Å²) in [6.07, 6.45) is 0.683. The highest BCUT2D eigenvalue weighted by molar-refractivity contribution is 9.10. The van der Waals surface area contributed by atoms with Crippen LogP contribution in [0.15, 0.2) is 27.5 Å². The van der Waals surface area contributed by atoms with Crippen LogP contribution in [0.3, 0.4) is 0 Å². The standard InChI is InChI=1S/C13H11BrN2O3/c1-2-8-11(14)13(17)16-12(15-8)7-3-4-9-10(5-7)19-6-18-9/h3-5H,2,6H2,1H3,(H,15,16,17). The van der Waals surface area contributed by atoms with Crippen molar-refractivity contribution in [1.82, 2.24) is 9.97 Å². The highest BCUT2D eigenvalue weighted by Crippen LogP contribution is 2.34. The highest BCUT2D eigenvalue weighted by Gasteiger charge is 2.15. The van der Waals surface area contributed by atoms with Crippen LogP contribution in [0, 0.1) is 0 Å². The van der Waals surface area contributed by atoms with Crippen molar-refractivity contribution in [2.75, 3.05) is 6.79 Å². The summed E-state index contributed by atoms with van der Waals surface area (Å²) in [6.45, 7) is 2.18. The summed E-state index contributed by atoms with van der Waals surface area (Å²) in [7, 11) is 0. The Morgan fingerprint density at radius 3 is 2.95 bits per heavy atom. The van der Waals surface area contributed by atoms with Crippen molar-refractivity contribution >= 4 is 15.9 Å². The highest BCUT2D eigenvalue weighted by atomic mass is 79.9. The summed E-state index contributed by atoms with van der Waals surface area (Å²) in [5, 5.41) is 0. The predicted octanol–water partition coefficient (Wildman–Crippen LogP) is 2.49. The number of aromatic nitrogens is 2. The maximum atomic E-state index is 11.8.